The van der Waals surface area contributed by atoms with E-state index in [1.54, 1.807) is 24.3 Å². The van der Waals surface area contributed by atoms with Crippen LogP contribution in [-0.2, 0) is 9.53 Å². The molecule has 0 fully saturated rings. The minimum atomic E-state index is -0.734. The first-order valence-corrected chi connectivity index (χ1v) is 6.38. The van der Waals surface area contributed by atoms with Gasteiger partial charge in [0.15, 0.2) is 0 Å². The third-order valence-electron chi connectivity index (χ3n) is 3.26. The van der Waals surface area contributed by atoms with Gasteiger partial charge in [-0.05, 0) is 29.8 Å². The van der Waals surface area contributed by atoms with Gasteiger partial charge in [0.2, 0.25) is 0 Å². The first kappa shape index (κ1) is 13.7. The molecule has 0 radical (unpaired) electrons. The van der Waals surface area contributed by atoms with Gasteiger partial charge in [0, 0.05) is 17.7 Å². The summed E-state index contributed by atoms with van der Waals surface area (Å²) in [6, 6.07) is 12.4. The lowest BCUT2D eigenvalue weighted by Gasteiger charge is -2.16. The number of fused-ring (bicyclic) bond motifs is 1. The van der Waals surface area contributed by atoms with Gasteiger partial charge in [-0.3, -0.25) is 10.1 Å². The fourth-order valence-corrected chi connectivity index (χ4v) is 2.20. The molecule has 0 atom stereocenters. The number of hydrogen-bond acceptors (Lipinski definition) is 5. The summed E-state index contributed by atoms with van der Waals surface area (Å²) < 4.78 is 4.71. The van der Waals surface area contributed by atoms with Crippen molar-refractivity contribution in [1.82, 2.24) is 0 Å². The molecule has 0 N–H and O–H groups in total. The van der Waals surface area contributed by atoms with E-state index in [0.29, 0.717) is 16.7 Å². The minimum Gasteiger partial charge on any atom is -0.386 e. The number of esters is 2. The fraction of sp³-hybridized carbons (Fsp3) is 0. The smallest absolute Gasteiger partial charge is 0.346 e. The zero-order valence-corrected chi connectivity index (χ0v) is 11.2. The quantitative estimate of drug-likeness (QED) is 0.279. The number of carbonyl (C=O) groups is 2. The van der Waals surface area contributed by atoms with Gasteiger partial charge in [0.05, 0.1) is 16.1 Å². The molecule has 3 rings (SSSR count). The molecule has 0 bridgehead atoms. The van der Waals surface area contributed by atoms with Crippen LogP contribution in [0, 0.1) is 10.1 Å². The van der Waals surface area contributed by atoms with Gasteiger partial charge in [0.25, 0.3) is 5.69 Å². The Hall–Kier alpha value is -3.28. The van der Waals surface area contributed by atoms with E-state index in [-0.39, 0.29) is 11.3 Å². The second-order valence-corrected chi connectivity index (χ2v) is 4.63. The molecule has 0 saturated heterocycles. The Morgan fingerprint density at radius 3 is 2.18 bits per heavy atom. The molecular formula is C16H9NO5. The summed E-state index contributed by atoms with van der Waals surface area (Å²) in [5.74, 6) is -1.41. The fourth-order valence-electron chi connectivity index (χ4n) is 2.20. The summed E-state index contributed by atoms with van der Waals surface area (Å²) in [6.07, 6.45) is 1.54. The summed E-state index contributed by atoms with van der Waals surface area (Å²) in [4.78, 5) is 33.7. The molecule has 1 heterocycles. The number of nitrogens with zero attached hydrogens (tertiary/aromatic N) is 1. The number of nitro benzene ring substituents is 1. The summed E-state index contributed by atoms with van der Waals surface area (Å²) in [5.41, 5.74) is 1.60. The van der Waals surface area contributed by atoms with E-state index in [1.165, 1.54) is 30.3 Å². The molecule has 6 nitrogen and oxygen atoms in total. The minimum absolute atomic E-state index is 0.0380. The third-order valence-corrected chi connectivity index (χ3v) is 3.26. The maximum Gasteiger partial charge on any atom is 0.346 e. The average Bonchev–Trinajstić information content (AvgIpc) is 2.52. The summed E-state index contributed by atoms with van der Waals surface area (Å²) >= 11 is 0. The SMILES string of the molecule is O=C1OC(=O)c2ccccc2C1=Cc1ccc([N+](=O)[O-])cc1. The Kier molecular flexibility index (Phi) is 3.27. The largest absolute Gasteiger partial charge is 0.386 e. The molecule has 22 heavy (non-hydrogen) atoms. The highest BCUT2D eigenvalue weighted by Gasteiger charge is 2.29. The molecule has 6 heteroatoms. The maximum absolute atomic E-state index is 11.9. The zero-order chi connectivity index (χ0) is 15.7. The molecule has 2 aromatic carbocycles. The topological polar surface area (TPSA) is 86.5 Å². The lowest BCUT2D eigenvalue weighted by molar-refractivity contribution is -0.384. The van der Waals surface area contributed by atoms with Crippen LogP contribution in [0.4, 0.5) is 5.69 Å². The van der Waals surface area contributed by atoms with Crippen molar-refractivity contribution in [1.29, 1.82) is 0 Å². The van der Waals surface area contributed by atoms with Crippen molar-refractivity contribution in [2.24, 2.45) is 0 Å². The number of rotatable bonds is 2. The molecule has 108 valence electrons. The number of hydrogen-bond donors (Lipinski definition) is 0. The number of benzene rings is 2. The second-order valence-electron chi connectivity index (χ2n) is 4.63. The lowest BCUT2D eigenvalue weighted by Crippen LogP contribution is -2.21. The van der Waals surface area contributed by atoms with Crippen LogP contribution >= 0.6 is 0 Å². The van der Waals surface area contributed by atoms with E-state index in [2.05, 4.69) is 0 Å². The van der Waals surface area contributed by atoms with Gasteiger partial charge < -0.3 is 4.74 Å². The molecule has 0 spiro atoms. The number of nitro groups is 1. The van der Waals surface area contributed by atoms with Gasteiger partial charge in [0.1, 0.15) is 0 Å². The first-order chi connectivity index (χ1) is 10.6. The van der Waals surface area contributed by atoms with Crippen molar-refractivity contribution in [2.75, 3.05) is 0 Å². The normalized spacial score (nSPS) is 15.4. The maximum atomic E-state index is 11.9. The van der Waals surface area contributed by atoms with Crippen molar-refractivity contribution in [3.05, 3.63) is 75.3 Å². The highest BCUT2D eigenvalue weighted by molar-refractivity contribution is 6.29. The van der Waals surface area contributed by atoms with Gasteiger partial charge in [-0.2, -0.15) is 0 Å². The van der Waals surface area contributed by atoms with Gasteiger partial charge in [-0.1, -0.05) is 18.2 Å². The molecule has 1 aliphatic heterocycles. The number of ether oxygens (including phenoxy) is 1. The third kappa shape index (κ3) is 2.37. The Balaban J connectivity index is 2.06. The Labute approximate surface area is 124 Å². The van der Waals surface area contributed by atoms with Crippen LogP contribution in [0.2, 0.25) is 0 Å². The highest BCUT2D eigenvalue weighted by atomic mass is 16.6. The number of cyclic esters (lactones) is 2. The van der Waals surface area contributed by atoms with Gasteiger partial charge in [-0.15, -0.1) is 0 Å². The number of non-ortho nitro benzene ring substituents is 1. The Bertz CT molecular complexity index is 821. The molecular weight excluding hydrogens is 286 g/mol. The molecule has 2 aromatic rings. The van der Waals surface area contributed by atoms with Crippen LogP contribution in [0.25, 0.3) is 11.6 Å². The van der Waals surface area contributed by atoms with Crippen LogP contribution < -0.4 is 0 Å². The Morgan fingerprint density at radius 1 is 0.909 bits per heavy atom. The first-order valence-electron chi connectivity index (χ1n) is 6.38. The average molecular weight is 295 g/mol. The summed E-state index contributed by atoms with van der Waals surface area (Å²) in [5, 5.41) is 10.6. The highest BCUT2D eigenvalue weighted by Crippen LogP contribution is 2.28. The van der Waals surface area contributed by atoms with Gasteiger partial charge >= 0.3 is 11.9 Å². The Morgan fingerprint density at radius 2 is 1.55 bits per heavy atom. The van der Waals surface area contributed by atoms with Crippen molar-refractivity contribution < 1.29 is 19.2 Å². The second kappa shape index (κ2) is 5.25. The van der Waals surface area contributed by atoms with E-state index >= 15 is 0 Å². The predicted octanol–water partition coefficient (Wildman–Crippen LogP) is 2.83. The van der Waals surface area contributed by atoms with Crippen LogP contribution in [0.1, 0.15) is 21.5 Å². The molecule has 0 saturated carbocycles. The van der Waals surface area contributed by atoms with Crippen molar-refractivity contribution in [3.8, 4) is 0 Å². The van der Waals surface area contributed by atoms with Crippen LogP contribution in [0.5, 0.6) is 0 Å². The monoisotopic (exact) mass is 295 g/mol. The van der Waals surface area contributed by atoms with Crippen LogP contribution in [0.3, 0.4) is 0 Å². The zero-order valence-electron chi connectivity index (χ0n) is 11.2. The van der Waals surface area contributed by atoms with Crippen molar-refractivity contribution >= 4 is 29.3 Å². The van der Waals surface area contributed by atoms with E-state index in [4.69, 9.17) is 4.74 Å². The molecule has 0 aliphatic carbocycles. The van der Waals surface area contributed by atoms with Crippen molar-refractivity contribution in [2.45, 2.75) is 0 Å². The number of carbonyl (C=O) groups excluding carboxylic acids is 2. The molecule has 0 unspecified atom stereocenters. The molecule has 0 aromatic heterocycles. The van der Waals surface area contributed by atoms with E-state index in [9.17, 15) is 19.7 Å². The van der Waals surface area contributed by atoms with Gasteiger partial charge in [-0.25, -0.2) is 9.59 Å². The lowest BCUT2D eigenvalue weighted by atomic mass is 9.95. The summed E-state index contributed by atoms with van der Waals surface area (Å²) in [6.45, 7) is 0. The summed E-state index contributed by atoms with van der Waals surface area (Å²) in [7, 11) is 0. The standard InChI is InChI=1S/C16H9NO5/c18-15-13-4-2-1-3-12(13)14(16(19)22-15)9-10-5-7-11(8-6-10)17(20)21/h1-9H. The van der Waals surface area contributed by atoms with E-state index in [0.717, 1.165) is 0 Å². The molecule has 0 amide bonds. The van der Waals surface area contributed by atoms with Crippen molar-refractivity contribution in [3.63, 3.8) is 0 Å². The molecule has 1 aliphatic rings. The van der Waals surface area contributed by atoms with E-state index < -0.39 is 16.9 Å². The van der Waals surface area contributed by atoms with Crippen LogP contribution in [-0.4, -0.2) is 16.9 Å². The van der Waals surface area contributed by atoms with E-state index in [1.807, 2.05) is 0 Å². The van der Waals surface area contributed by atoms with Crippen LogP contribution in [0.15, 0.2) is 48.5 Å². The predicted molar refractivity (Wildman–Crippen MR) is 77.8 cm³/mol.